The van der Waals surface area contributed by atoms with E-state index in [1.807, 2.05) is 6.08 Å². The quantitative estimate of drug-likeness (QED) is 0.313. The van der Waals surface area contributed by atoms with Gasteiger partial charge in [0.15, 0.2) is 0 Å². The van der Waals surface area contributed by atoms with Crippen LogP contribution in [0.4, 0.5) is 0 Å². The van der Waals surface area contributed by atoms with E-state index in [0.717, 1.165) is 38.5 Å². The van der Waals surface area contributed by atoms with E-state index < -0.39 is 3.61 Å². The smallest absolute Gasteiger partial charge is 0.121 e. The normalized spacial score (nSPS) is 58.9. The summed E-state index contributed by atoms with van der Waals surface area (Å²) in [7, 11) is 0. The lowest BCUT2D eigenvalue weighted by Gasteiger charge is -2.60. The average Bonchev–Trinajstić information content (AvgIpc) is 2.72. The molecule has 3 N–H and O–H groups in total. The van der Waals surface area contributed by atoms with Gasteiger partial charge in [-0.3, -0.25) is 0 Å². The minimum absolute atomic E-state index is 0.0680. The van der Waals surface area contributed by atoms with Crippen LogP contribution >= 0.6 is 22.6 Å². The van der Waals surface area contributed by atoms with Gasteiger partial charge in [-0.2, -0.15) is 0 Å². The molecule has 23 heavy (non-hydrogen) atoms. The maximum atomic E-state index is 11.0. The molecule has 0 aromatic heterocycles. The van der Waals surface area contributed by atoms with Crippen molar-refractivity contribution in [2.75, 3.05) is 0 Å². The molecule has 4 heteroatoms. The molecule has 4 rings (SSSR count). The number of halogens is 1. The summed E-state index contributed by atoms with van der Waals surface area (Å²) in [5.41, 5.74) is 1.36. The van der Waals surface area contributed by atoms with E-state index in [4.69, 9.17) is 0 Å². The molecule has 3 fully saturated rings. The zero-order chi connectivity index (χ0) is 16.6. The van der Waals surface area contributed by atoms with Crippen LogP contribution in [0.5, 0.6) is 0 Å². The minimum Gasteiger partial charge on any atom is -0.392 e. The Kier molecular flexibility index (Phi) is 3.78. The van der Waals surface area contributed by atoms with Crippen LogP contribution in [-0.4, -0.2) is 31.1 Å². The summed E-state index contributed by atoms with van der Waals surface area (Å²) in [5, 5.41) is 31.9. The number of aliphatic hydroxyl groups excluding tert-OH is 2. The largest absolute Gasteiger partial charge is 0.392 e. The highest BCUT2D eigenvalue weighted by atomic mass is 127. The molecule has 0 heterocycles. The molecule has 0 aromatic carbocycles. The maximum absolute atomic E-state index is 11.0. The van der Waals surface area contributed by atoms with Crippen molar-refractivity contribution in [3.63, 3.8) is 0 Å². The van der Waals surface area contributed by atoms with E-state index in [0.29, 0.717) is 24.2 Å². The Morgan fingerprint density at radius 1 is 1.04 bits per heavy atom. The van der Waals surface area contributed by atoms with Crippen molar-refractivity contribution in [2.45, 2.75) is 74.6 Å². The van der Waals surface area contributed by atoms with Gasteiger partial charge in [-0.25, -0.2) is 0 Å². The monoisotopic (exact) mass is 432 g/mol. The third-order valence-electron chi connectivity index (χ3n) is 8.16. The molecule has 8 atom stereocenters. The van der Waals surface area contributed by atoms with Gasteiger partial charge in [-0.15, -0.1) is 0 Å². The van der Waals surface area contributed by atoms with Crippen LogP contribution in [0, 0.1) is 28.6 Å². The zero-order valence-corrected chi connectivity index (χ0v) is 16.3. The summed E-state index contributed by atoms with van der Waals surface area (Å²) in [5.74, 6) is 1.21. The maximum Gasteiger partial charge on any atom is 0.121 e. The van der Waals surface area contributed by atoms with E-state index in [1.165, 1.54) is 5.57 Å². The fourth-order valence-corrected chi connectivity index (χ4v) is 7.62. The first-order valence-corrected chi connectivity index (χ1v) is 10.3. The predicted molar refractivity (Wildman–Crippen MR) is 98.1 cm³/mol. The third-order valence-corrected chi connectivity index (χ3v) is 9.93. The van der Waals surface area contributed by atoms with E-state index in [-0.39, 0.29) is 23.0 Å². The first kappa shape index (κ1) is 16.8. The molecule has 3 unspecified atom stereocenters. The second kappa shape index (κ2) is 5.18. The van der Waals surface area contributed by atoms with Crippen LogP contribution in [0.3, 0.4) is 0 Å². The summed E-state index contributed by atoms with van der Waals surface area (Å²) in [6, 6.07) is 0. The third kappa shape index (κ3) is 2.17. The lowest BCUT2D eigenvalue weighted by Crippen LogP contribution is -2.57. The number of fused-ring (bicyclic) bond motifs is 5. The molecule has 4 aliphatic carbocycles. The van der Waals surface area contributed by atoms with Gasteiger partial charge in [0.25, 0.3) is 0 Å². The zero-order valence-electron chi connectivity index (χ0n) is 14.1. The summed E-state index contributed by atoms with van der Waals surface area (Å²) in [6.45, 7) is 4.61. The van der Waals surface area contributed by atoms with Crippen molar-refractivity contribution in [3.8, 4) is 0 Å². The van der Waals surface area contributed by atoms with Gasteiger partial charge in [0.2, 0.25) is 0 Å². The second-order valence-electron chi connectivity index (χ2n) is 9.03. The molecular weight excluding hydrogens is 403 g/mol. The predicted octanol–water partition coefficient (Wildman–Crippen LogP) is 3.40. The molecule has 0 bridgehead atoms. The van der Waals surface area contributed by atoms with Gasteiger partial charge < -0.3 is 15.3 Å². The topological polar surface area (TPSA) is 60.7 Å². The van der Waals surface area contributed by atoms with Gasteiger partial charge in [-0.1, -0.05) is 25.5 Å². The standard InChI is InChI=1S/C19H29IO3/c1-17-6-3-12(21)9-11(17)10-15(22)16-13(17)4-7-18(2)14(16)5-8-19(18,20)23/h9,12-16,21-23H,3-8,10H2,1-2H3/t12?,13-,14+,15?,16-,17+,18+,19?/m1/s1. The molecule has 0 spiro atoms. The van der Waals surface area contributed by atoms with E-state index in [1.54, 1.807) is 0 Å². The van der Waals surface area contributed by atoms with Crippen LogP contribution in [0.2, 0.25) is 0 Å². The summed E-state index contributed by atoms with van der Waals surface area (Å²) < 4.78 is -0.625. The second-order valence-corrected chi connectivity index (χ2v) is 10.8. The first-order valence-electron chi connectivity index (χ1n) is 9.18. The van der Waals surface area contributed by atoms with Crippen LogP contribution in [0.15, 0.2) is 11.6 Å². The Morgan fingerprint density at radius 3 is 2.48 bits per heavy atom. The molecule has 3 nitrogen and oxygen atoms in total. The van der Waals surface area contributed by atoms with Gasteiger partial charge in [0, 0.05) is 5.41 Å². The number of hydrogen-bond acceptors (Lipinski definition) is 3. The van der Waals surface area contributed by atoms with Crippen LogP contribution < -0.4 is 0 Å². The minimum atomic E-state index is -0.625. The number of aliphatic hydroxyl groups is 3. The van der Waals surface area contributed by atoms with E-state index in [2.05, 4.69) is 36.4 Å². The van der Waals surface area contributed by atoms with Crippen molar-refractivity contribution in [2.24, 2.45) is 28.6 Å². The Balaban J connectivity index is 1.73. The Morgan fingerprint density at radius 2 is 1.74 bits per heavy atom. The van der Waals surface area contributed by atoms with Crippen LogP contribution in [-0.2, 0) is 0 Å². The summed E-state index contributed by atoms with van der Waals surface area (Å²) in [4.78, 5) is 0. The van der Waals surface area contributed by atoms with Crippen molar-refractivity contribution >= 4 is 22.6 Å². The Labute approximate surface area is 152 Å². The highest BCUT2D eigenvalue weighted by molar-refractivity contribution is 14.1. The highest BCUT2D eigenvalue weighted by Crippen LogP contribution is 2.68. The van der Waals surface area contributed by atoms with Gasteiger partial charge in [0.1, 0.15) is 3.61 Å². The first-order chi connectivity index (χ1) is 10.7. The number of rotatable bonds is 0. The summed E-state index contributed by atoms with van der Waals surface area (Å²) >= 11 is 2.26. The molecular formula is C19H29IO3. The Bertz CT molecular complexity index is 545. The molecule has 0 aliphatic heterocycles. The summed E-state index contributed by atoms with van der Waals surface area (Å²) in [6.07, 6.45) is 7.99. The average molecular weight is 432 g/mol. The molecule has 130 valence electrons. The van der Waals surface area contributed by atoms with Gasteiger partial charge >= 0.3 is 0 Å². The van der Waals surface area contributed by atoms with Crippen LogP contribution in [0.1, 0.15) is 58.8 Å². The van der Waals surface area contributed by atoms with Crippen molar-refractivity contribution in [1.82, 2.24) is 0 Å². The SMILES string of the molecule is C[C@]12CCC(O)C=C1CC(O)[C@@H]1[C@H]2CC[C@@]2(C)[C@H]1CCC2(O)I. The van der Waals surface area contributed by atoms with Crippen molar-refractivity contribution in [1.29, 1.82) is 0 Å². The number of hydrogen-bond donors (Lipinski definition) is 3. The highest BCUT2D eigenvalue weighted by Gasteiger charge is 2.64. The van der Waals surface area contributed by atoms with E-state index in [9.17, 15) is 15.3 Å². The van der Waals surface area contributed by atoms with E-state index >= 15 is 0 Å². The lowest BCUT2D eigenvalue weighted by molar-refractivity contribution is -0.125. The van der Waals surface area contributed by atoms with Gasteiger partial charge in [0.05, 0.1) is 12.2 Å². The van der Waals surface area contributed by atoms with Gasteiger partial charge in [-0.05, 0) is 90.7 Å². The lowest BCUT2D eigenvalue weighted by atomic mass is 9.46. The van der Waals surface area contributed by atoms with Crippen molar-refractivity contribution < 1.29 is 15.3 Å². The molecule has 0 amide bonds. The molecule has 4 aliphatic rings. The number of alkyl halides is 1. The molecule has 0 aromatic rings. The molecule has 0 saturated heterocycles. The van der Waals surface area contributed by atoms with Crippen LogP contribution in [0.25, 0.3) is 0 Å². The molecule has 3 saturated carbocycles. The van der Waals surface area contributed by atoms with Crippen molar-refractivity contribution in [3.05, 3.63) is 11.6 Å². The fourth-order valence-electron chi connectivity index (χ4n) is 6.64. The molecule has 0 radical (unpaired) electrons. The Hall–Kier alpha value is 0.350. The fraction of sp³-hybridized carbons (Fsp3) is 0.895.